The van der Waals surface area contributed by atoms with E-state index in [1.54, 1.807) is 6.07 Å². The summed E-state index contributed by atoms with van der Waals surface area (Å²) in [6.07, 6.45) is 5.76. The Hall–Kier alpha value is -0.670. The van der Waals surface area contributed by atoms with Crippen LogP contribution in [0.2, 0.25) is 0 Å². The first-order valence-electron chi connectivity index (χ1n) is 5.37. The summed E-state index contributed by atoms with van der Waals surface area (Å²) in [5.41, 5.74) is 0. The molecule has 0 aliphatic carbocycles. The van der Waals surface area contributed by atoms with Gasteiger partial charge in [0.25, 0.3) is 10.1 Å². The fraction of sp³-hybridized carbons (Fsp3) is 0.900. The first-order chi connectivity index (χ1) is 7.54. The number of unbranched alkanes of at least 4 members (excludes halogenated alkanes) is 5. The normalized spacial score (nSPS) is 10.1. The highest BCUT2D eigenvalue weighted by Crippen LogP contribution is 2.07. The lowest BCUT2D eigenvalue weighted by Gasteiger charge is -1.99. The van der Waals surface area contributed by atoms with Gasteiger partial charge in [0.05, 0.1) is 11.8 Å². The van der Waals surface area contributed by atoms with E-state index in [0.29, 0.717) is 6.42 Å². The van der Waals surface area contributed by atoms with Crippen molar-refractivity contribution in [3.8, 4) is 6.07 Å². The summed E-state index contributed by atoms with van der Waals surface area (Å²) in [6, 6.07) is 1.75. The summed E-state index contributed by atoms with van der Waals surface area (Å²) < 4.78 is 35.1. The van der Waals surface area contributed by atoms with Crippen molar-refractivity contribution in [1.82, 2.24) is 0 Å². The molecule has 0 atom stereocenters. The molecule has 0 spiro atoms. The number of halogens is 1. The molecule has 0 heterocycles. The Morgan fingerprint density at radius 3 is 2.06 bits per heavy atom. The fourth-order valence-corrected chi connectivity index (χ4v) is 1.71. The zero-order valence-corrected chi connectivity index (χ0v) is 10.7. The van der Waals surface area contributed by atoms with Crippen LogP contribution in [-0.2, 0) is 14.5 Å². The van der Waals surface area contributed by atoms with Gasteiger partial charge in [-0.25, -0.2) is 0 Å². The van der Waals surface area contributed by atoms with E-state index in [-0.39, 0.29) is 5.75 Å². The lowest BCUT2D eigenvalue weighted by atomic mass is 10.1. The van der Waals surface area contributed by atoms with Crippen molar-refractivity contribution in [2.24, 2.45) is 0 Å². The minimum atomic E-state index is -3.88. The Morgan fingerprint density at radius 1 is 1.19 bits per heavy atom. The second-order valence-electron chi connectivity index (χ2n) is 3.32. The van der Waals surface area contributed by atoms with Gasteiger partial charge < -0.3 is 0 Å². The third kappa shape index (κ3) is 15.8. The summed E-state index contributed by atoms with van der Waals surface area (Å²) in [4.78, 5) is 0. The van der Waals surface area contributed by atoms with Crippen LogP contribution in [0.15, 0.2) is 0 Å². The molecule has 0 N–H and O–H groups in total. The van der Waals surface area contributed by atoms with E-state index in [1.807, 2.05) is 0 Å². The van der Waals surface area contributed by atoms with Crippen LogP contribution in [0.5, 0.6) is 0 Å². The van der Waals surface area contributed by atoms with Crippen molar-refractivity contribution in [3.05, 3.63) is 0 Å². The molecular weight excluding hydrogens is 233 g/mol. The molecule has 0 unspecified atom stereocenters. The van der Waals surface area contributed by atoms with Gasteiger partial charge in [0.15, 0.2) is 0 Å². The number of hydrogen-bond donors (Lipinski definition) is 0. The molecule has 0 aliphatic rings. The average Bonchev–Trinajstić information content (AvgIpc) is 2.24. The largest absolute Gasteiger partial charge is 0.297 e. The lowest BCUT2D eigenvalue weighted by Crippen LogP contribution is -2.05. The maximum Gasteiger partial charge on any atom is 0.297 e. The Morgan fingerprint density at radius 2 is 1.62 bits per heavy atom. The van der Waals surface area contributed by atoms with Crippen molar-refractivity contribution in [2.75, 3.05) is 5.75 Å². The number of rotatable bonds is 8. The molecule has 0 saturated heterocycles. The van der Waals surface area contributed by atoms with Crippen LogP contribution >= 0.6 is 0 Å². The molecule has 0 amide bonds. The second-order valence-corrected chi connectivity index (χ2v) is 4.97. The van der Waals surface area contributed by atoms with E-state index in [9.17, 15) is 12.9 Å². The predicted octanol–water partition coefficient (Wildman–Crippen LogP) is 3.11. The van der Waals surface area contributed by atoms with E-state index >= 15 is 0 Å². The monoisotopic (exact) mass is 253 g/mol. The number of hydrogen-bond acceptors (Lipinski definition) is 4. The topological polar surface area (TPSA) is 67.2 Å². The molecule has 6 heteroatoms. The summed E-state index contributed by atoms with van der Waals surface area (Å²) in [6.45, 7) is 3.54. The maximum atomic E-state index is 11.3. The van der Waals surface area contributed by atoms with Crippen LogP contribution < -0.4 is 0 Å². The highest BCUT2D eigenvalue weighted by atomic mass is 32.2. The standard InChI is InChI=1S/C8H17FO3S.C2H3N/c1-2-3-4-5-6-7-8-13(10,11)12-9;1-2-3/h2-8H2,1H3;1H3. The van der Waals surface area contributed by atoms with Crippen molar-refractivity contribution >= 4 is 10.1 Å². The molecule has 4 nitrogen and oxygen atoms in total. The Bertz CT molecular complexity index is 272. The minimum absolute atomic E-state index is 0.213. The van der Waals surface area contributed by atoms with E-state index in [4.69, 9.17) is 5.26 Å². The second kappa shape index (κ2) is 12.4. The summed E-state index contributed by atoms with van der Waals surface area (Å²) in [5.74, 6) is -0.213. The third-order valence-electron chi connectivity index (χ3n) is 1.84. The van der Waals surface area contributed by atoms with Gasteiger partial charge in [0, 0.05) is 6.92 Å². The van der Waals surface area contributed by atoms with Gasteiger partial charge in [-0.2, -0.15) is 13.7 Å². The summed E-state index contributed by atoms with van der Waals surface area (Å²) in [7, 11) is -3.88. The SMILES string of the molecule is CC#N.CCCCCCCCS(=O)(=O)OF. The highest BCUT2D eigenvalue weighted by molar-refractivity contribution is 7.86. The molecule has 0 aromatic rings. The van der Waals surface area contributed by atoms with Gasteiger partial charge in [-0.15, -0.1) is 0 Å². The van der Waals surface area contributed by atoms with E-state index < -0.39 is 10.1 Å². The molecule has 0 radical (unpaired) electrons. The molecule has 0 aromatic heterocycles. The van der Waals surface area contributed by atoms with Gasteiger partial charge in [-0.1, -0.05) is 43.4 Å². The Labute approximate surface area is 97.4 Å². The molecule has 0 rings (SSSR count). The molecule has 0 fully saturated rings. The first kappa shape index (κ1) is 17.7. The van der Waals surface area contributed by atoms with Gasteiger partial charge in [-0.05, 0) is 10.9 Å². The molecule has 0 saturated carbocycles. The molecule has 16 heavy (non-hydrogen) atoms. The summed E-state index contributed by atoms with van der Waals surface area (Å²) >= 11 is 0. The molecular formula is C10H20FNO3S. The Balaban J connectivity index is 0. The van der Waals surface area contributed by atoms with Crippen molar-refractivity contribution < 1.29 is 17.3 Å². The van der Waals surface area contributed by atoms with Crippen LogP contribution in [0.1, 0.15) is 52.4 Å². The minimum Gasteiger partial charge on any atom is -0.199 e. The van der Waals surface area contributed by atoms with Crippen LogP contribution in [0, 0.1) is 11.3 Å². The number of nitriles is 1. The van der Waals surface area contributed by atoms with Crippen LogP contribution in [-0.4, -0.2) is 14.2 Å². The highest BCUT2D eigenvalue weighted by Gasteiger charge is 2.09. The lowest BCUT2D eigenvalue weighted by molar-refractivity contribution is 0.00288. The molecule has 0 aromatic carbocycles. The zero-order chi connectivity index (χ0) is 12.9. The quantitative estimate of drug-likeness (QED) is 0.623. The maximum absolute atomic E-state index is 11.3. The number of nitrogens with zero attached hydrogens (tertiary/aromatic N) is 1. The van der Waals surface area contributed by atoms with E-state index in [2.05, 4.69) is 11.3 Å². The smallest absolute Gasteiger partial charge is 0.199 e. The molecule has 0 aliphatic heterocycles. The van der Waals surface area contributed by atoms with Crippen LogP contribution in [0.4, 0.5) is 4.53 Å². The van der Waals surface area contributed by atoms with Crippen molar-refractivity contribution in [1.29, 1.82) is 5.26 Å². The van der Waals surface area contributed by atoms with Gasteiger partial charge in [0.2, 0.25) is 0 Å². The van der Waals surface area contributed by atoms with Gasteiger partial charge in [-0.3, -0.25) is 0 Å². The van der Waals surface area contributed by atoms with E-state index in [0.717, 1.165) is 25.7 Å². The van der Waals surface area contributed by atoms with Crippen molar-refractivity contribution in [2.45, 2.75) is 52.4 Å². The van der Waals surface area contributed by atoms with Crippen LogP contribution in [0.3, 0.4) is 0 Å². The van der Waals surface area contributed by atoms with Crippen LogP contribution in [0.25, 0.3) is 0 Å². The predicted molar refractivity (Wildman–Crippen MR) is 60.6 cm³/mol. The first-order valence-corrected chi connectivity index (χ1v) is 6.95. The molecule has 96 valence electrons. The van der Waals surface area contributed by atoms with Crippen molar-refractivity contribution in [3.63, 3.8) is 0 Å². The average molecular weight is 253 g/mol. The Kier molecular flexibility index (Phi) is 13.7. The fourth-order valence-electron chi connectivity index (χ4n) is 1.09. The molecule has 0 bridgehead atoms. The third-order valence-corrected chi connectivity index (χ3v) is 2.82. The zero-order valence-electron chi connectivity index (χ0n) is 9.91. The van der Waals surface area contributed by atoms with Gasteiger partial charge in [0.1, 0.15) is 0 Å². The summed E-state index contributed by atoms with van der Waals surface area (Å²) in [5, 5.41) is 7.32. The van der Waals surface area contributed by atoms with E-state index in [1.165, 1.54) is 13.3 Å². The van der Waals surface area contributed by atoms with Gasteiger partial charge >= 0.3 is 0 Å².